The lowest BCUT2D eigenvalue weighted by atomic mass is 10.0. The summed E-state index contributed by atoms with van der Waals surface area (Å²) in [6.45, 7) is 0.0223. The number of benzene rings is 3. The van der Waals surface area contributed by atoms with E-state index in [1.807, 2.05) is 49.4 Å². The van der Waals surface area contributed by atoms with Crippen LogP contribution in [0.1, 0.15) is 47.2 Å². The first-order valence-electron chi connectivity index (χ1n) is 16.6. The first-order valence-corrected chi connectivity index (χ1v) is 17.0. The molecule has 54 heavy (non-hydrogen) atoms. The van der Waals surface area contributed by atoms with Crippen molar-refractivity contribution in [3.05, 3.63) is 101 Å². The summed E-state index contributed by atoms with van der Waals surface area (Å²) >= 11 is 6.03. The number of ether oxygens (including phenoxy) is 2. The van der Waals surface area contributed by atoms with Gasteiger partial charge in [-0.1, -0.05) is 61.0 Å². The molecule has 1 aromatic heterocycles. The second-order valence-electron chi connectivity index (χ2n) is 12.4. The van der Waals surface area contributed by atoms with Crippen molar-refractivity contribution in [3.63, 3.8) is 0 Å². The first kappa shape index (κ1) is 39.2. The SMILES string of the molecule is COC(=O)[C@H](CNC(=O)C(=O)NCC(C)c1ccccc1)NC(=O)c1ccc(Nc2nc(NC3(c4ccc(Cl)cc4)CC3)nc(OCC(F)(F)F)n2)cc1. The van der Waals surface area contributed by atoms with Crippen molar-refractivity contribution < 1.29 is 41.8 Å². The fraction of sp³-hybridized carbons (Fsp3) is 0.306. The van der Waals surface area contributed by atoms with E-state index in [0.29, 0.717) is 23.6 Å². The number of alkyl halides is 3. The minimum absolute atomic E-state index is 0.0340. The van der Waals surface area contributed by atoms with Gasteiger partial charge in [-0.05, 0) is 66.3 Å². The van der Waals surface area contributed by atoms with Gasteiger partial charge in [0, 0.05) is 29.4 Å². The van der Waals surface area contributed by atoms with Crippen LogP contribution >= 0.6 is 11.6 Å². The zero-order valence-electron chi connectivity index (χ0n) is 29.0. The zero-order valence-corrected chi connectivity index (χ0v) is 29.8. The van der Waals surface area contributed by atoms with Crippen molar-refractivity contribution in [1.29, 1.82) is 0 Å². The maximum Gasteiger partial charge on any atom is 0.422 e. The number of amides is 3. The minimum atomic E-state index is -4.64. The molecular weight excluding hydrogens is 733 g/mol. The second kappa shape index (κ2) is 17.2. The molecule has 18 heteroatoms. The number of methoxy groups -OCH3 is 1. The van der Waals surface area contributed by atoms with Gasteiger partial charge in [0.1, 0.15) is 6.04 Å². The summed E-state index contributed by atoms with van der Waals surface area (Å²) in [7, 11) is 1.10. The standard InChI is InChI=1S/C36H36ClF3N8O6/c1-21(22-6-4-3-5-7-22)18-41-29(50)30(51)42-19-27(31(52)53-2)44-28(49)23-8-14-26(15-9-23)43-32-45-33(47-34(46-32)54-20-36(38,39)40)48-35(16-17-35)24-10-12-25(37)13-11-24/h3-15,21,27H,16-20H2,1-2H3,(H,41,50)(H,42,51)(H,44,49)(H2,43,45,46,47,48)/t21?,27-/m0/s1. The Hall–Kier alpha value is -5.97. The Morgan fingerprint density at radius 1 is 0.852 bits per heavy atom. The van der Waals surface area contributed by atoms with Gasteiger partial charge in [0.2, 0.25) is 11.9 Å². The summed E-state index contributed by atoms with van der Waals surface area (Å²) in [5.74, 6) is -3.74. The smallest absolute Gasteiger partial charge is 0.422 e. The second-order valence-corrected chi connectivity index (χ2v) is 12.8. The molecule has 3 amide bonds. The van der Waals surface area contributed by atoms with Crippen molar-refractivity contribution in [3.8, 4) is 6.01 Å². The van der Waals surface area contributed by atoms with Crippen LogP contribution in [0.25, 0.3) is 0 Å². The predicted octanol–water partition coefficient (Wildman–Crippen LogP) is 4.62. The monoisotopic (exact) mass is 768 g/mol. The third kappa shape index (κ3) is 11.0. The molecule has 3 aromatic carbocycles. The Morgan fingerprint density at radius 3 is 2.09 bits per heavy atom. The largest absolute Gasteiger partial charge is 0.467 e. The maximum atomic E-state index is 13.1. The molecule has 4 aromatic rings. The van der Waals surface area contributed by atoms with Gasteiger partial charge in [-0.3, -0.25) is 14.4 Å². The highest BCUT2D eigenvalue weighted by atomic mass is 35.5. The molecule has 0 bridgehead atoms. The van der Waals surface area contributed by atoms with Gasteiger partial charge in [-0.2, -0.15) is 28.1 Å². The minimum Gasteiger partial charge on any atom is -0.467 e. The van der Waals surface area contributed by atoms with Crippen LogP contribution < -0.4 is 31.3 Å². The van der Waals surface area contributed by atoms with E-state index in [0.717, 1.165) is 18.2 Å². The van der Waals surface area contributed by atoms with Gasteiger partial charge in [0.05, 0.1) is 12.6 Å². The summed E-state index contributed by atoms with van der Waals surface area (Å²) in [5.41, 5.74) is 1.74. The van der Waals surface area contributed by atoms with Crippen LogP contribution in [0.3, 0.4) is 0 Å². The third-order valence-corrected chi connectivity index (χ3v) is 8.53. The van der Waals surface area contributed by atoms with Crippen molar-refractivity contribution in [2.24, 2.45) is 0 Å². The summed E-state index contributed by atoms with van der Waals surface area (Å²) in [4.78, 5) is 62.6. The molecule has 1 aliphatic rings. The number of nitrogens with one attached hydrogen (secondary N) is 5. The van der Waals surface area contributed by atoms with Gasteiger partial charge in [0.25, 0.3) is 5.91 Å². The molecule has 1 aliphatic carbocycles. The molecule has 1 heterocycles. The Labute approximate surface area is 312 Å². The molecule has 14 nitrogen and oxygen atoms in total. The number of esters is 1. The van der Waals surface area contributed by atoms with E-state index in [1.165, 1.54) is 24.3 Å². The van der Waals surface area contributed by atoms with E-state index in [4.69, 9.17) is 21.1 Å². The quantitative estimate of drug-likeness (QED) is 0.0840. The Bertz CT molecular complexity index is 1950. The molecule has 5 N–H and O–H groups in total. The number of nitrogens with zero attached hydrogens (tertiary/aromatic N) is 3. The maximum absolute atomic E-state index is 13.1. The fourth-order valence-electron chi connectivity index (χ4n) is 5.18. The van der Waals surface area contributed by atoms with Gasteiger partial charge in [-0.15, -0.1) is 0 Å². The predicted molar refractivity (Wildman–Crippen MR) is 191 cm³/mol. The van der Waals surface area contributed by atoms with Crippen LogP contribution in [-0.4, -0.2) is 77.7 Å². The zero-order chi connectivity index (χ0) is 38.9. The number of hydrogen-bond acceptors (Lipinski definition) is 11. The number of carbonyl (C=O) groups is 4. The highest BCUT2D eigenvalue weighted by molar-refractivity contribution is 6.35. The van der Waals surface area contributed by atoms with Crippen LogP contribution in [0.4, 0.5) is 30.8 Å². The summed E-state index contributed by atoms with van der Waals surface area (Å²) in [5, 5.41) is 13.9. The number of rotatable bonds is 15. The van der Waals surface area contributed by atoms with E-state index in [2.05, 4.69) is 41.5 Å². The Kier molecular flexibility index (Phi) is 12.5. The molecule has 1 saturated carbocycles. The van der Waals surface area contributed by atoms with Gasteiger partial charge >= 0.3 is 30.0 Å². The van der Waals surface area contributed by atoms with E-state index in [-0.39, 0.29) is 29.9 Å². The highest BCUT2D eigenvalue weighted by Crippen LogP contribution is 2.48. The number of halogens is 4. The van der Waals surface area contributed by atoms with Gasteiger partial charge in [0.15, 0.2) is 6.61 Å². The van der Waals surface area contributed by atoms with Crippen LogP contribution in [0.15, 0.2) is 78.9 Å². The van der Waals surface area contributed by atoms with Crippen LogP contribution in [0, 0.1) is 0 Å². The molecule has 1 unspecified atom stereocenters. The number of anilines is 3. The van der Waals surface area contributed by atoms with E-state index in [1.54, 1.807) is 12.1 Å². The molecule has 0 radical (unpaired) electrons. The molecule has 284 valence electrons. The molecule has 0 spiro atoms. The van der Waals surface area contributed by atoms with E-state index < -0.39 is 60.6 Å². The topological polar surface area (TPSA) is 186 Å². The number of hydrogen-bond donors (Lipinski definition) is 5. The fourth-order valence-corrected chi connectivity index (χ4v) is 5.31. The number of carbonyl (C=O) groups excluding carboxylic acids is 4. The molecule has 2 atom stereocenters. The molecule has 1 fully saturated rings. The average molecular weight is 769 g/mol. The molecule has 5 rings (SSSR count). The average Bonchev–Trinajstić information content (AvgIpc) is 3.94. The molecule has 0 aliphatic heterocycles. The van der Waals surface area contributed by atoms with E-state index in [9.17, 15) is 32.3 Å². The van der Waals surface area contributed by atoms with Crippen LogP contribution in [0.5, 0.6) is 6.01 Å². The first-order chi connectivity index (χ1) is 25.7. The van der Waals surface area contributed by atoms with E-state index >= 15 is 0 Å². The van der Waals surface area contributed by atoms with Gasteiger partial charge < -0.3 is 36.1 Å². The lowest BCUT2D eigenvalue weighted by Gasteiger charge is -2.19. The van der Waals surface area contributed by atoms with Crippen molar-refractivity contribution in [1.82, 2.24) is 30.9 Å². The Balaban J connectivity index is 1.20. The Morgan fingerprint density at radius 2 is 1.48 bits per heavy atom. The van der Waals surface area contributed by atoms with Crippen LogP contribution in [-0.2, 0) is 24.7 Å². The summed E-state index contributed by atoms with van der Waals surface area (Å²) in [6, 6.07) is 20.3. The van der Waals surface area contributed by atoms with Crippen molar-refractivity contribution >= 4 is 52.9 Å². The molecular formula is C36H36ClF3N8O6. The summed E-state index contributed by atoms with van der Waals surface area (Å²) < 4.78 is 48.4. The lowest BCUT2D eigenvalue weighted by Crippen LogP contribution is -2.51. The molecule has 0 saturated heterocycles. The summed E-state index contributed by atoms with van der Waals surface area (Å²) in [6.07, 6.45) is -3.23. The number of aromatic nitrogens is 3. The highest BCUT2D eigenvalue weighted by Gasteiger charge is 2.45. The van der Waals surface area contributed by atoms with Crippen molar-refractivity contribution in [2.75, 3.05) is 37.4 Å². The lowest BCUT2D eigenvalue weighted by molar-refractivity contribution is -0.154. The van der Waals surface area contributed by atoms with Crippen molar-refractivity contribution in [2.45, 2.75) is 43.4 Å². The third-order valence-electron chi connectivity index (χ3n) is 8.28. The van der Waals surface area contributed by atoms with Crippen LogP contribution in [0.2, 0.25) is 5.02 Å². The van der Waals surface area contributed by atoms with Gasteiger partial charge in [-0.25, -0.2) is 4.79 Å². The normalized spacial score (nSPS) is 14.1.